The highest BCUT2D eigenvalue weighted by Gasteiger charge is 2.30. The average Bonchev–Trinajstić information content (AvgIpc) is 3.26. The molecule has 1 aliphatic rings. The van der Waals surface area contributed by atoms with Crippen LogP contribution in [0, 0.1) is 5.92 Å². The Labute approximate surface area is 139 Å². The monoisotopic (exact) mass is 331 g/mol. The zero-order chi connectivity index (χ0) is 16.9. The standard InChI is InChI=1S/C15H21N7O2/c1-20-9-6-16-15(20)14(24)12-4-2-7-21(10-12)13(23)5-3-8-22-11-17-18-19-22/h6,9,11-12H,2-5,7-8,10H2,1H3/t12-/m1/s1. The minimum atomic E-state index is -0.164. The van der Waals surface area contributed by atoms with Crippen LogP contribution in [-0.2, 0) is 18.4 Å². The van der Waals surface area contributed by atoms with Crippen molar-refractivity contribution in [1.29, 1.82) is 0 Å². The fourth-order valence-corrected chi connectivity index (χ4v) is 3.04. The van der Waals surface area contributed by atoms with E-state index in [1.807, 2.05) is 7.05 Å². The Balaban J connectivity index is 1.52. The predicted octanol–water partition coefficient (Wildman–Crippen LogP) is 0.308. The molecule has 1 fully saturated rings. The van der Waals surface area contributed by atoms with Crippen molar-refractivity contribution in [2.45, 2.75) is 32.2 Å². The van der Waals surface area contributed by atoms with E-state index in [1.54, 1.807) is 26.5 Å². The maximum atomic E-state index is 12.6. The molecule has 0 saturated carbocycles. The van der Waals surface area contributed by atoms with E-state index >= 15 is 0 Å². The van der Waals surface area contributed by atoms with Crippen LogP contribution >= 0.6 is 0 Å². The maximum Gasteiger partial charge on any atom is 0.222 e. The van der Waals surface area contributed by atoms with E-state index < -0.39 is 0 Å². The molecule has 1 atom stereocenters. The van der Waals surface area contributed by atoms with Crippen molar-refractivity contribution >= 4 is 11.7 Å². The van der Waals surface area contributed by atoms with Crippen LogP contribution in [-0.4, -0.2) is 59.4 Å². The summed E-state index contributed by atoms with van der Waals surface area (Å²) in [6.45, 7) is 1.81. The van der Waals surface area contributed by atoms with Gasteiger partial charge in [0, 0.05) is 51.4 Å². The van der Waals surface area contributed by atoms with E-state index in [0.717, 1.165) is 12.8 Å². The van der Waals surface area contributed by atoms with E-state index in [2.05, 4.69) is 20.5 Å². The zero-order valence-electron chi connectivity index (χ0n) is 13.7. The second kappa shape index (κ2) is 7.33. The van der Waals surface area contributed by atoms with Crippen molar-refractivity contribution in [2.24, 2.45) is 13.0 Å². The molecule has 0 unspecified atom stereocenters. The number of piperidine rings is 1. The Hall–Kier alpha value is -2.58. The van der Waals surface area contributed by atoms with Gasteiger partial charge in [0.15, 0.2) is 5.82 Å². The molecular weight excluding hydrogens is 310 g/mol. The second-order valence-electron chi connectivity index (χ2n) is 6.08. The number of likely N-dealkylation sites (tertiary alicyclic amines) is 1. The van der Waals surface area contributed by atoms with Crippen LogP contribution in [0.3, 0.4) is 0 Å². The van der Waals surface area contributed by atoms with E-state index in [1.165, 1.54) is 6.33 Å². The number of nitrogens with zero attached hydrogens (tertiary/aromatic N) is 7. The number of aromatic nitrogens is 6. The largest absolute Gasteiger partial charge is 0.342 e. The van der Waals surface area contributed by atoms with Gasteiger partial charge in [-0.3, -0.25) is 9.59 Å². The highest BCUT2D eigenvalue weighted by atomic mass is 16.2. The Bertz CT molecular complexity index is 695. The number of ketones is 1. The Kier molecular flexibility index (Phi) is 4.97. The number of Topliss-reactive ketones (excluding diaryl/α,β-unsaturated/α-hetero) is 1. The summed E-state index contributed by atoms with van der Waals surface area (Å²) in [6, 6.07) is 0. The molecule has 0 bridgehead atoms. The lowest BCUT2D eigenvalue weighted by Gasteiger charge is -2.32. The van der Waals surface area contributed by atoms with Gasteiger partial charge in [-0.1, -0.05) is 0 Å². The second-order valence-corrected chi connectivity index (χ2v) is 6.08. The fourth-order valence-electron chi connectivity index (χ4n) is 3.04. The van der Waals surface area contributed by atoms with Gasteiger partial charge in [-0.05, 0) is 29.7 Å². The first-order valence-electron chi connectivity index (χ1n) is 8.15. The molecule has 2 aromatic heterocycles. The van der Waals surface area contributed by atoms with E-state index in [-0.39, 0.29) is 17.6 Å². The first-order valence-corrected chi connectivity index (χ1v) is 8.15. The van der Waals surface area contributed by atoms with Crippen molar-refractivity contribution in [3.8, 4) is 0 Å². The highest BCUT2D eigenvalue weighted by molar-refractivity contribution is 5.95. The lowest BCUT2D eigenvalue weighted by molar-refractivity contribution is -0.132. The van der Waals surface area contributed by atoms with Crippen LogP contribution in [0.5, 0.6) is 0 Å². The summed E-state index contributed by atoms with van der Waals surface area (Å²) in [6.07, 6.45) is 7.68. The highest BCUT2D eigenvalue weighted by Crippen LogP contribution is 2.21. The molecule has 3 heterocycles. The van der Waals surface area contributed by atoms with Crippen LogP contribution in [0.1, 0.15) is 36.3 Å². The molecule has 3 rings (SSSR count). The molecule has 0 aromatic carbocycles. The van der Waals surface area contributed by atoms with Crippen LogP contribution in [0.2, 0.25) is 0 Å². The van der Waals surface area contributed by atoms with Crippen LogP contribution in [0.25, 0.3) is 0 Å². The maximum absolute atomic E-state index is 12.6. The van der Waals surface area contributed by atoms with Gasteiger partial charge in [-0.15, -0.1) is 5.10 Å². The summed E-state index contributed by atoms with van der Waals surface area (Å²) in [5.74, 6) is 0.408. The van der Waals surface area contributed by atoms with Gasteiger partial charge in [0.25, 0.3) is 0 Å². The van der Waals surface area contributed by atoms with E-state index in [9.17, 15) is 9.59 Å². The molecule has 0 spiro atoms. The lowest BCUT2D eigenvalue weighted by Crippen LogP contribution is -2.42. The van der Waals surface area contributed by atoms with Gasteiger partial charge in [0.2, 0.25) is 11.7 Å². The van der Waals surface area contributed by atoms with E-state index in [0.29, 0.717) is 38.3 Å². The number of hydrogen-bond acceptors (Lipinski definition) is 6. The Morgan fingerprint density at radius 1 is 1.38 bits per heavy atom. The molecular formula is C15H21N7O2. The van der Waals surface area contributed by atoms with Crippen molar-refractivity contribution in [3.05, 3.63) is 24.5 Å². The van der Waals surface area contributed by atoms with Crippen molar-refractivity contribution in [1.82, 2.24) is 34.7 Å². The Morgan fingerprint density at radius 3 is 2.96 bits per heavy atom. The van der Waals surface area contributed by atoms with Gasteiger partial charge in [-0.2, -0.15) is 0 Å². The van der Waals surface area contributed by atoms with E-state index in [4.69, 9.17) is 0 Å². The first kappa shape index (κ1) is 16.3. The number of imidazole rings is 1. The summed E-state index contributed by atoms with van der Waals surface area (Å²) in [4.78, 5) is 30.9. The summed E-state index contributed by atoms with van der Waals surface area (Å²) < 4.78 is 3.34. The molecule has 2 aromatic rings. The van der Waals surface area contributed by atoms with Crippen LogP contribution in [0.4, 0.5) is 0 Å². The third-order valence-corrected chi connectivity index (χ3v) is 4.36. The van der Waals surface area contributed by atoms with Crippen molar-refractivity contribution < 1.29 is 9.59 Å². The third kappa shape index (κ3) is 3.66. The van der Waals surface area contributed by atoms with Gasteiger partial charge in [0.1, 0.15) is 6.33 Å². The molecule has 1 aliphatic heterocycles. The smallest absolute Gasteiger partial charge is 0.222 e. The SMILES string of the molecule is Cn1ccnc1C(=O)[C@@H]1CCCN(C(=O)CCCn2cnnn2)C1. The molecule has 1 amide bonds. The fraction of sp³-hybridized carbons (Fsp3) is 0.600. The van der Waals surface area contributed by atoms with Crippen molar-refractivity contribution in [3.63, 3.8) is 0 Å². The number of hydrogen-bond donors (Lipinski definition) is 0. The molecule has 9 heteroatoms. The Morgan fingerprint density at radius 2 is 2.25 bits per heavy atom. The summed E-state index contributed by atoms with van der Waals surface area (Å²) >= 11 is 0. The average molecular weight is 331 g/mol. The summed E-state index contributed by atoms with van der Waals surface area (Å²) in [7, 11) is 1.81. The molecule has 0 radical (unpaired) electrons. The molecule has 1 saturated heterocycles. The van der Waals surface area contributed by atoms with Gasteiger partial charge >= 0.3 is 0 Å². The minimum Gasteiger partial charge on any atom is -0.342 e. The number of tetrazole rings is 1. The molecule has 24 heavy (non-hydrogen) atoms. The van der Waals surface area contributed by atoms with Gasteiger partial charge in [0.05, 0.1) is 0 Å². The van der Waals surface area contributed by atoms with Gasteiger partial charge in [-0.25, -0.2) is 9.67 Å². The number of carbonyl (C=O) groups excluding carboxylic acids is 2. The predicted molar refractivity (Wildman–Crippen MR) is 83.9 cm³/mol. The lowest BCUT2D eigenvalue weighted by atomic mass is 9.93. The number of rotatable bonds is 6. The molecule has 0 aliphatic carbocycles. The topological polar surface area (TPSA) is 98.8 Å². The number of amides is 1. The number of aryl methyl sites for hydroxylation is 2. The van der Waals surface area contributed by atoms with Gasteiger partial charge < -0.3 is 9.47 Å². The van der Waals surface area contributed by atoms with Crippen LogP contribution < -0.4 is 0 Å². The third-order valence-electron chi connectivity index (χ3n) is 4.36. The summed E-state index contributed by atoms with van der Waals surface area (Å²) in [5, 5.41) is 10.9. The molecule has 9 nitrogen and oxygen atoms in total. The zero-order valence-corrected chi connectivity index (χ0v) is 13.7. The normalized spacial score (nSPS) is 17.9. The van der Waals surface area contributed by atoms with Crippen LogP contribution in [0.15, 0.2) is 18.7 Å². The minimum absolute atomic E-state index is 0.0219. The first-order chi connectivity index (χ1) is 11.6. The molecule has 128 valence electrons. The number of carbonyl (C=O) groups is 2. The quantitative estimate of drug-likeness (QED) is 0.706. The molecule has 0 N–H and O–H groups in total. The van der Waals surface area contributed by atoms with Crippen molar-refractivity contribution in [2.75, 3.05) is 13.1 Å². The summed E-state index contributed by atoms with van der Waals surface area (Å²) in [5.41, 5.74) is 0.